The lowest BCUT2D eigenvalue weighted by molar-refractivity contribution is -0.137. The van der Waals surface area contributed by atoms with Gasteiger partial charge in [0.25, 0.3) is 11.8 Å². The van der Waals surface area contributed by atoms with Crippen LogP contribution in [-0.2, 0) is 31.6 Å². The van der Waals surface area contributed by atoms with Crippen LogP contribution < -0.4 is 5.32 Å². The zero-order chi connectivity index (χ0) is 34.1. The molecule has 1 N–H and O–H groups in total. The van der Waals surface area contributed by atoms with E-state index >= 15 is 0 Å². The van der Waals surface area contributed by atoms with E-state index in [9.17, 15) is 26.7 Å². The maximum absolute atomic E-state index is 14.3. The molecule has 0 atom stereocenters. The molecule has 1 saturated heterocycles. The number of hydrogen-bond acceptors (Lipinski definition) is 3. The number of alkyl halides is 5. The van der Waals surface area contributed by atoms with Gasteiger partial charge in [-0.1, -0.05) is 54.6 Å². The third-order valence-electron chi connectivity index (χ3n) is 10.0. The van der Waals surface area contributed by atoms with Crippen molar-refractivity contribution in [2.45, 2.75) is 76.7 Å². The maximum atomic E-state index is 14.3. The SMILES string of the molecule is C=C(C)C(F)(F)c1ccc(CN2CCC(NC(=O)c3ccc4c(c3)C3=C(CCC4)CCN(Cc4ccc(C(F)(F)F)cc4)C3)CC2)cc1. The largest absolute Gasteiger partial charge is 0.416 e. The van der Waals surface area contributed by atoms with Crippen molar-refractivity contribution in [1.29, 1.82) is 0 Å². The Labute approximate surface area is 279 Å². The van der Waals surface area contributed by atoms with Crippen LogP contribution in [0.1, 0.15) is 82.8 Å². The number of piperidine rings is 1. The van der Waals surface area contributed by atoms with Crippen LogP contribution in [0.4, 0.5) is 22.0 Å². The molecule has 3 aromatic carbocycles. The van der Waals surface area contributed by atoms with Gasteiger partial charge >= 0.3 is 6.18 Å². The van der Waals surface area contributed by atoms with Crippen molar-refractivity contribution < 1.29 is 26.7 Å². The van der Waals surface area contributed by atoms with Crippen molar-refractivity contribution in [2.75, 3.05) is 26.2 Å². The standard InChI is InChI=1S/C39H42F5N3O/c1-26(2)38(40,41)32-12-6-27(7-13-32)23-46-20-17-34(18-21-46)45-37(48)31-11-10-29-4-3-5-30-16-19-47(25-36(30)35(29)22-31)24-28-8-14-33(15-9-28)39(42,43)44/h6-15,22,34H,1,3-5,16-21,23-25H2,2H3,(H,45,48). The summed E-state index contributed by atoms with van der Waals surface area (Å²) in [5, 5.41) is 3.24. The lowest BCUT2D eigenvalue weighted by Crippen LogP contribution is -2.44. The lowest BCUT2D eigenvalue weighted by atomic mass is 9.90. The van der Waals surface area contributed by atoms with Gasteiger partial charge in [-0.15, -0.1) is 0 Å². The second-order valence-corrected chi connectivity index (χ2v) is 13.5. The fraction of sp³-hybridized carbons (Fsp3) is 0.410. The molecule has 2 aliphatic heterocycles. The van der Waals surface area contributed by atoms with Gasteiger partial charge < -0.3 is 5.32 Å². The van der Waals surface area contributed by atoms with Crippen LogP contribution in [0.15, 0.2) is 84.5 Å². The zero-order valence-electron chi connectivity index (χ0n) is 27.3. The first-order valence-corrected chi connectivity index (χ1v) is 16.8. The second kappa shape index (κ2) is 14.0. The number of allylic oxidation sites excluding steroid dienone is 1. The van der Waals surface area contributed by atoms with Crippen LogP contribution in [0.2, 0.25) is 0 Å². The van der Waals surface area contributed by atoms with E-state index in [2.05, 4.69) is 27.8 Å². The van der Waals surface area contributed by atoms with Gasteiger partial charge in [0.05, 0.1) is 5.56 Å². The number of carbonyl (C=O) groups excluding carboxylic acids is 1. The number of rotatable bonds is 8. The third-order valence-corrected chi connectivity index (χ3v) is 10.0. The number of nitrogens with zero attached hydrogens (tertiary/aromatic N) is 2. The van der Waals surface area contributed by atoms with Gasteiger partial charge in [0.1, 0.15) is 0 Å². The topological polar surface area (TPSA) is 35.6 Å². The van der Waals surface area contributed by atoms with Gasteiger partial charge in [0.2, 0.25) is 0 Å². The molecule has 1 aliphatic carbocycles. The smallest absolute Gasteiger partial charge is 0.349 e. The van der Waals surface area contributed by atoms with Crippen LogP contribution in [0.25, 0.3) is 5.57 Å². The molecule has 0 radical (unpaired) electrons. The number of fused-ring (bicyclic) bond motifs is 2. The van der Waals surface area contributed by atoms with E-state index in [1.165, 1.54) is 35.8 Å². The Kier molecular flexibility index (Phi) is 9.91. The predicted molar refractivity (Wildman–Crippen MR) is 179 cm³/mol. The van der Waals surface area contributed by atoms with E-state index in [0.29, 0.717) is 25.2 Å². The first kappa shape index (κ1) is 34.1. The highest BCUT2D eigenvalue weighted by Crippen LogP contribution is 2.37. The number of aryl methyl sites for hydroxylation is 1. The number of amides is 1. The molecule has 254 valence electrons. The quantitative estimate of drug-likeness (QED) is 0.193. The first-order chi connectivity index (χ1) is 22.9. The first-order valence-electron chi connectivity index (χ1n) is 16.8. The molecule has 3 aromatic rings. The summed E-state index contributed by atoms with van der Waals surface area (Å²) in [4.78, 5) is 18.0. The van der Waals surface area contributed by atoms with Crippen molar-refractivity contribution >= 4 is 11.5 Å². The summed E-state index contributed by atoms with van der Waals surface area (Å²) in [6.45, 7) is 9.12. The molecule has 3 aliphatic rings. The van der Waals surface area contributed by atoms with Crippen LogP contribution in [-0.4, -0.2) is 47.9 Å². The zero-order valence-corrected chi connectivity index (χ0v) is 27.3. The molecule has 2 heterocycles. The third kappa shape index (κ3) is 7.73. The van der Waals surface area contributed by atoms with Gasteiger partial charge in [-0.25, -0.2) is 0 Å². The van der Waals surface area contributed by atoms with Gasteiger partial charge in [-0.3, -0.25) is 14.6 Å². The normalized spacial score (nSPS) is 18.2. The molecule has 0 bridgehead atoms. The highest BCUT2D eigenvalue weighted by Gasteiger charge is 2.33. The van der Waals surface area contributed by atoms with E-state index in [0.717, 1.165) is 87.0 Å². The number of benzene rings is 3. The summed E-state index contributed by atoms with van der Waals surface area (Å²) < 4.78 is 67.7. The Morgan fingerprint density at radius 1 is 0.812 bits per heavy atom. The van der Waals surface area contributed by atoms with E-state index < -0.39 is 17.7 Å². The maximum Gasteiger partial charge on any atom is 0.416 e. The molecule has 1 fully saturated rings. The van der Waals surface area contributed by atoms with Crippen LogP contribution in [0.5, 0.6) is 0 Å². The minimum Gasteiger partial charge on any atom is -0.349 e. The summed E-state index contributed by atoms with van der Waals surface area (Å²) in [7, 11) is 0. The Balaban J connectivity index is 1.06. The summed E-state index contributed by atoms with van der Waals surface area (Å²) in [6.07, 6.45) is 1.19. The Morgan fingerprint density at radius 3 is 2.06 bits per heavy atom. The number of hydrogen-bond donors (Lipinski definition) is 1. The molecule has 9 heteroatoms. The predicted octanol–water partition coefficient (Wildman–Crippen LogP) is 8.76. The molecule has 1 amide bonds. The lowest BCUT2D eigenvalue weighted by Gasteiger charge is -2.32. The number of halogens is 5. The Morgan fingerprint density at radius 2 is 1.44 bits per heavy atom. The highest BCUT2D eigenvalue weighted by atomic mass is 19.4. The number of nitrogens with one attached hydrogen (secondary N) is 1. The molecule has 0 aromatic heterocycles. The number of carbonyl (C=O) groups is 1. The Hall–Kier alpha value is -3.82. The minimum absolute atomic E-state index is 0.0490. The van der Waals surface area contributed by atoms with Crippen LogP contribution in [0.3, 0.4) is 0 Å². The van der Waals surface area contributed by atoms with Crippen LogP contribution in [0, 0.1) is 0 Å². The molecular formula is C39H42F5N3O. The summed E-state index contributed by atoms with van der Waals surface area (Å²) in [6, 6.07) is 17.9. The summed E-state index contributed by atoms with van der Waals surface area (Å²) in [5.74, 6) is -3.13. The van der Waals surface area contributed by atoms with Gasteiger partial charge in [0.15, 0.2) is 0 Å². The van der Waals surface area contributed by atoms with Gasteiger partial charge in [0, 0.05) is 56.4 Å². The van der Waals surface area contributed by atoms with Crippen LogP contribution >= 0.6 is 0 Å². The van der Waals surface area contributed by atoms with Crippen molar-refractivity contribution in [3.63, 3.8) is 0 Å². The molecule has 6 rings (SSSR count). The molecule has 0 unspecified atom stereocenters. The molecular weight excluding hydrogens is 621 g/mol. The fourth-order valence-corrected chi connectivity index (χ4v) is 7.14. The molecule has 4 nitrogen and oxygen atoms in total. The van der Waals surface area contributed by atoms with E-state index in [-0.39, 0.29) is 23.1 Å². The van der Waals surface area contributed by atoms with E-state index in [1.54, 1.807) is 24.3 Å². The molecule has 0 saturated carbocycles. The van der Waals surface area contributed by atoms with Gasteiger partial charge in [-0.05, 0) is 103 Å². The van der Waals surface area contributed by atoms with Crippen molar-refractivity contribution in [3.05, 3.63) is 123 Å². The number of likely N-dealkylation sites (tertiary alicyclic amines) is 1. The van der Waals surface area contributed by atoms with Gasteiger partial charge in [-0.2, -0.15) is 22.0 Å². The van der Waals surface area contributed by atoms with Crippen molar-refractivity contribution in [1.82, 2.24) is 15.1 Å². The monoisotopic (exact) mass is 663 g/mol. The van der Waals surface area contributed by atoms with Crippen molar-refractivity contribution in [3.8, 4) is 0 Å². The Bertz CT molecular complexity index is 1670. The van der Waals surface area contributed by atoms with E-state index in [4.69, 9.17) is 0 Å². The minimum atomic E-state index is -4.35. The fourth-order valence-electron chi connectivity index (χ4n) is 7.14. The summed E-state index contributed by atoms with van der Waals surface area (Å²) in [5.41, 5.74) is 6.61. The molecule has 0 spiro atoms. The molecule has 48 heavy (non-hydrogen) atoms. The van der Waals surface area contributed by atoms with E-state index in [1.807, 2.05) is 12.1 Å². The average Bonchev–Trinajstić information content (AvgIpc) is 3.24. The van der Waals surface area contributed by atoms with Crippen molar-refractivity contribution in [2.24, 2.45) is 0 Å². The second-order valence-electron chi connectivity index (χ2n) is 13.5. The highest BCUT2D eigenvalue weighted by molar-refractivity contribution is 5.95. The average molecular weight is 664 g/mol. The summed E-state index contributed by atoms with van der Waals surface area (Å²) >= 11 is 0.